The van der Waals surface area contributed by atoms with Gasteiger partial charge in [-0.15, -0.1) is 0 Å². The lowest BCUT2D eigenvalue weighted by molar-refractivity contribution is 0.307. The molecule has 1 heterocycles. The molecule has 1 fully saturated rings. The average Bonchev–Trinajstić information content (AvgIpc) is 2.14. The maximum Gasteiger partial charge on any atom is 0.279 e. The minimum absolute atomic E-state index is 0.172. The number of nitrogens with one attached hydrogen (secondary N) is 1. The minimum atomic E-state index is -3.39. The summed E-state index contributed by atoms with van der Waals surface area (Å²) in [4.78, 5) is 0.492. The van der Waals surface area contributed by atoms with Crippen molar-refractivity contribution < 1.29 is 8.42 Å². The van der Waals surface area contributed by atoms with Gasteiger partial charge in [-0.25, -0.2) is 0 Å². The molecule has 0 radical (unpaired) electrons. The van der Waals surface area contributed by atoms with Crippen LogP contribution < -0.4 is 10.5 Å². The van der Waals surface area contributed by atoms with Gasteiger partial charge in [0.15, 0.2) is 0 Å². The summed E-state index contributed by atoms with van der Waals surface area (Å²) < 4.78 is 28.2. The van der Waals surface area contributed by atoms with E-state index in [4.69, 9.17) is 18.0 Å². The van der Waals surface area contributed by atoms with Crippen molar-refractivity contribution >= 4 is 27.4 Å². The van der Waals surface area contributed by atoms with Gasteiger partial charge in [-0.2, -0.15) is 17.4 Å². The van der Waals surface area contributed by atoms with E-state index in [1.54, 1.807) is 0 Å². The van der Waals surface area contributed by atoms with E-state index in [0.717, 1.165) is 0 Å². The Bertz CT molecular complexity index is 379. The van der Waals surface area contributed by atoms with Crippen LogP contribution in [-0.4, -0.2) is 36.3 Å². The first kappa shape index (κ1) is 14.8. The summed E-state index contributed by atoms with van der Waals surface area (Å²) in [5.41, 5.74) is 5.11. The first-order chi connectivity index (χ1) is 7.62. The number of thiocarbonyl (C=S) groups is 1. The molecule has 0 aromatic heterocycles. The van der Waals surface area contributed by atoms with E-state index in [-0.39, 0.29) is 5.92 Å². The Labute approximate surface area is 109 Å². The lowest BCUT2D eigenvalue weighted by atomic mass is 9.98. The maximum atomic E-state index is 12.0. The van der Waals surface area contributed by atoms with Crippen LogP contribution in [0.4, 0.5) is 0 Å². The van der Waals surface area contributed by atoms with Gasteiger partial charge in [0.25, 0.3) is 10.2 Å². The number of nitrogens with two attached hydrogens (primary N) is 1. The average molecular weight is 279 g/mol. The topological polar surface area (TPSA) is 75.4 Å². The first-order valence-corrected chi connectivity index (χ1v) is 7.55. The van der Waals surface area contributed by atoms with Crippen molar-refractivity contribution in [3.8, 4) is 0 Å². The monoisotopic (exact) mass is 279 g/mol. The van der Waals surface area contributed by atoms with E-state index in [1.807, 2.05) is 20.8 Å². The van der Waals surface area contributed by atoms with Gasteiger partial charge in [0.2, 0.25) is 0 Å². The van der Waals surface area contributed by atoms with Crippen LogP contribution >= 0.6 is 12.2 Å². The van der Waals surface area contributed by atoms with Crippen LogP contribution in [0.15, 0.2) is 0 Å². The Morgan fingerprint density at radius 2 is 1.82 bits per heavy atom. The van der Waals surface area contributed by atoms with E-state index in [9.17, 15) is 8.42 Å². The number of hydrogen-bond acceptors (Lipinski definition) is 3. The predicted octanol–water partition coefficient (Wildman–Crippen LogP) is 0.617. The molecule has 1 rings (SSSR count). The summed E-state index contributed by atoms with van der Waals surface area (Å²) in [5, 5.41) is 0. The Balaban J connectivity index is 2.62. The van der Waals surface area contributed by atoms with Gasteiger partial charge in [0, 0.05) is 24.5 Å². The molecular formula is C10H21N3O2S2. The zero-order valence-electron chi connectivity index (χ0n) is 10.6. The van der Waals surface area contributed by atoms with Crippen molar-refractivity contribution in [2.24, 2.45) is 11.7 Å². The molecule has 0 atom stereocenters. The van der Waals surface area contributed by atoms with E-state index >= 15 is 0 Å². The van der Waals surface area contributed by atoms with Crippen molar-refractivity contribution in [1.29, 1.82) is 0 Å². The number of hydrogen-bond donors (Lipinski definition) is 2. The zero-order chi connectivity index (χ0) is 13.3. The molecule has 3 N–H and O–H groups in total. The smallest absolute Gasteiger partial charge is 0.279 e. The Kier molecular flexibility index (Phi) is 4.51. The van der Waals surface area contributed by atoms with Crippen LogP contribution in [0.3, 0.4) is 0 Å². The Hall–Kier alpha value is -0.240. The second kappa shape index (κ2) is 5.17. The third kappa shape index (κ3) is 4.50. The van der Waals surface area contributed by atoms with Crippen molar-refractivity contribution in [2.45, 2.75) is 39.2 Å². The number of nitrogens with zero attached hydrogens (tertiary/aromatic N) is 1. The highest BCUT2D eigenvalue weighted by Crippen LogP contribution is 2.20. The summed E-state index contributed by atoms with van der Waals surface area (Å²) in [6.45, 7) is 6.44. The SMILES string of the molecule is CC(C)(C)NS(=O)(=O)N1CCC(C(N)=S)CC1. The molecule has 0 amide bonds. The normalized spacial score (nSPS) is 20.4. The van der Waals surface area contributed by atoms with Gasteiger partial charge >= 0.3 is 0 Å². The highest BCUT2D eigenvalue weighted by Gasteiger charge is 2.31. The van der Waals surface area contributed by atoms with Crippen molar-refractivity contribution in [1.82, 2.24) is 9.03 Å². The summed E-state index contributed by atoms with van der Waals surface area (Å²) in [6, 6.07) is 0. The Morgan fingerprint density at radius 1 is 1.35 bits per heavy atom. The largest absolute Gasteiger partial charge is 0.393 e. The molecule has 1 saturated heterocycles. The number of rotatable bonds is 3. The van der Waals surface area contributed by atoms with Gasteiger partial charge in [-0.05, 0) is 33.6 Å². The number of piperidine rings is 1. The van der Waals surface area contributed by atoms with Gasteiger partial charge in [-0.1, -0.05) is 12.2 Å². The van der Waals surface area contributed by atoms with Gasteiger partial charge in [-0.3, -0.25) is 0 Å². The van der Waals surface area contributed by atoms with Gasteiger partial charge in [0.05, 0.1) is 4.99 Å². The van der Waals surface area contributed by atoms with Crippen molar-refractivity contribution in [3.05, 3.63) is 0 Å². The highest BCUT2D eigenvalue weighted by molar-refractivity contribution is 7.87. The summed E-state index contributed by atoms with van der Waals surface area (Å²) in [6.07, 6.45) is 1.42. The standard InChI is InChI=1S/C10H21N3O2S2/c1-10(2,3)12-17(14,15)13-6-4-8(5-7-13)9(11)16/h8,12H,4-7H2,1-3H3,(H2,11,16). The van der Waals surface area contributed by atoms with Crippen LogP contribution in [0.1, 0.15) is 33.6 Å². The van der Waals surface area contributed by atoms with Crippen LogP contribution in [0, 0.1) is 5.92 Å². The minimum Gasteiger partial charge on any atom is -0.393 e. The van der Waals surface area contributed by atoms with E-state index in [2.05, 4.69) is 4.72 Å². The Morgan fingerprint density at radius 3 is 2.18 bits per heavy atom. The van der Waals surface area contributed by atoms with Crippen molar-refractivity contribution in [3.63, 3.8) is 0 Å². The fourth-order valence-corrected chi connectivity index (χ4v) is 3.66. The maximum absolute atomic E-state index is 12.0. The lowest BCUT2D eigenvalue weighted by Crippen LogP contribution is -2.51. The summed E-state index contributed by atoms with van der Waals surface area (Å²) >= 11 is 4.93. The molecule has 0 aromatic rings. The second-order valence-electron chi connectivity index (χ2n) is 5.43. The van der Waals surface area contributed by atoms with E-state index in [0.29, 0.717) is 30.9 Å². The van der Waals surface area contributed by atoms with Gasteiger partial charge in [0.1, 0.15) is 0 Å². The van der Waals surface area contributed by atoms with Crippen molar-refractivity contribution in [2.75, 3.05) is 13.1 Å². The first-order valence-electron chi connectivity index (χ1n) is 5.70. The van der Waals surface area contributed by atoms with Crippen LogP contribution in [0.25, 0.3) is 0 Å². The third-order valence-corrected chi connectivity index (χ3v) is 4.88. The summed E-state index contributed by atoms with van der Waals surface area (Å²) in [7, 11) is -3.39. The van der Waals surface area contributed by atoms with Crippen LogP contribution in [0.5, 0.6) is 0 Å². The lowest BCUT2D eigenvalue weighted by Gasteiger charge is -2.33. The third-order valence-electron chi connectivity index (χ3n) is 2.63. The molecule has 1 aliphatic heterocycles. The van der Waals surface area contributed by atoms with Crippen LogP contribution in [-0.2, 0) is 10.2 Å². The van der Waals surface area contributed by atoms with E-state index in [1.165, 1.54) is 4.31 Å². The fourth-order valence-electron chi connectivity index (χ4n) is 1.83. The molecule has 0 unspecified atom stereocenters. The molecule has 0 saturated carbocycles. The molecule has 0 bridgehead atoms. The van der Waals surface area contributed by atoms with E-state index < -0.39 is 15.7 Å². The molecule has 5 nitrogen and oxygen atoms in total. The molecule has 7 heteroatoms. The highest BCUT2D eigenvalue weighted by atomic mass is 32.2. The summed E-state index contributed by atoms with van der Waals surface area (Å²) in [5.74, 6) is 0.172. The molecule has 0 spiro atoms. The molecule has 17 heavy (non-hydrogen) atoms. The zero-order valence-corrected chi connectivity index (χ0v) is 12.2. The van der Waals surface area contributed by atoms with Crippen LogP contribution in [0.2, 0.25) is 0 Å². The molecule has 0 aliphatic carbocycles. The second-order valence-corrected chi connectivity index (χ2v) is 7.57. The molecule has 1 aliphatic rings. The molecule has 100 valence electrons. The quantitative estimate of drug-likeness (QED) is 0.743. The predicted molar refractivity (Wildman–Crippen MR) is 72.9 cm³/mol. The fraction of sp³-hybridized carbons (Fsp3) is 0.900. The molecular weight excluding hydrogens is 258 g/mol. The van der Waals surface area contributed by atoms with Gasteiger partial charge < -0.3 is 5.73 Å². The molecule has 0 aromatic carbocycles.